The van der Waals surface area contributed by atoms with Gasteiger partial charge in [0.15, 0.2) is 0 Å². The Bertz CT molecular complexity index is 840. The molecule has 0 saturated carbocycles. The number of nitrogens with zero attached hydrogens (tertiary/aromatic N) is 2. The summed E-state index contributed by atoms with van der Waals surface area (Å²) in [5.74, 6) is 0.689. The van der Waals surface area contributed by atoms with Gasteiger partial charge in [-0.1, -0.05) is 11.6 Å². The Hall–Kier alpha value is -2.07. The number of aromatic amines is 1. The van der Waals surface area contributed by atoms with Crippen molar-refractivity contribution >= 4 is 28.5 Å². The van der Waals surface area contributed by atoms with E-state index < -0.39 is 0 Å². The molecule has 1 aliphatic rings. The Labute approximate surface area is 133 Å². The normalized spacial score (nSPS) is 17.5. The van der Waals surface area contributed by atoms with E-state index in [2.05, 4.69) is 32.4 Å². The number of aryl methyl sites for hydroxylation is 2. The second-order valence-electron chi connectivity index (χ2n) is 5.82. The maximum absolute atomic E-state index is 6.15. The maximum Gasteiger partial charge on any atom is 0.223 e. The molecule has 3 aromatic rings. The van der Waals surface area contributed by atoms with Gasteiger partial charge >= 0.3 is 0 Å². The molecule has 0 spiro atoms. The van der Waals surface area contributed by atoms with Gasteiger partial charge in [-0.05, 0) is 56.0 Å². The van der Waals surface area contributed by atoms with Gasteiger partial charge in [0.2, 0.25) is 5.95 Å². The zero-order valence-electron chi connectivity index (χ0n) is 12.4. The third-order valence-electron chi connectivity index (χ3n) is 4.27. The number of rotatable bonds is 2. The molecule has 0 radical (unpaired) electrons. The molecule has 0 bridgehead atoms. The summed E-state index contributed by atoms with van der Waals surface area (Å²) in [6, 6.07) is 8.16. The average Bonchev–Trinajstić information content (AvgIpc) is 2.87. The zero-order chi connectivity index (χ0) is 15.1. The lowest BCUT2D eigenvalue weighted by Crippen LogP contribution is -2.18. The SMILES string of the molecule is Cc1ccnc(NC2CCCc3c2[nH]c2ccc(Cl)cc32)n1. The van der Waals surface area contributed by atoms with Crippen molar-refractivity contribution in [1.82, 2.24) is 15.0 Å². The molecule has 2 N–H and O–H groups in total. The van der Waals surface area contributed by atoms with E-state index in [1.807, 2.05) is 19.1 Å². The van der Waals surface area contributed by atoms with Crippen LogP contribution in [0.25, 0.3) is 10.9 Å². The number of benzene rings is 1. The third-order valence-corrected chi connectivity index (χ3v) is 4.50. The highest BCUT2D eigenvalue weighted by atomic mass is 35.5. The molecule has 1 atom stereocenters. The quantitative estimate of drug-likeness (QED) is 0.737. The van der Waals surface area contributed by atoms with Crippen molar-refractivity contribution in [3.05, 3.63) is 52.4 Å². The summed E-state index contributed by atoms with van der Waals surface area (Å²) in [6.45, 7) is 1.98. The minimum atomic E-state index is 0.219. The molecule has 112 valence electrons. The van der Waals surface area contributed by atoms with Crippen molar-refractivity contribution in [1.29, 1.82) is 0 Å². The van der Waals surface area contributed by atoms with E-state index in [4.69, 9.17) is 11.6 Å². The fraction of sp³-hybridized carbons (Fsp3) is 0.294. The van der Waals surface area contributed by atoms with Gasteiger partial charge in [-0.15, -0.1) is 0 Å². The van der Waals surface area contributed by atoms with Gasteiger partial charge in [-0.25, -0.2) is 9.97 Å². The minimum absolute atomic E-state index is 0.219. The number of nitrogens with one attached hydrogen (secondary N) is 2. The van der Waals surface area contributed by atoms with Crippen LogP contribution in [0, 0.1) is 6.92 Å². The number of halogens is 1. The van der Waals surface area contributed by atoms with Gasteiger partial charge in [0, 0.05) is 33.5 Å². The van der Waals surface area contributed by atoms with Gasteiger partial charge < -0.3 is 10.3 Å². The molecular formula is C17H17ClN4. The van der Waals surface area contributed by atoms with E-state index in [1.54, 1.807) is 6.20 Å². The van der Waals surface area contributed by atoms with Crippen LogP contribution in [0.2, 0.25) is 5.02 Å². The Balaban J connectivity index is 1.74. The van der Waals surface area contributed by atoms with E-state index in [9.17, 15) is 0 Å². The molecule has 1 aliphatic carbocycles. The predicted octanol–water partition coefficient (Wildman–Crippen LogP) is 4.41. The topological polar surface area (TPSA) is 53.6 Å². The van der Waals surface area contributed by atoms with Gasteiger partial charge in [-0.3, -0.25) is 0 Å². The monoisotopic (exact) mass is 312 g/mol. The fourth-order valence-corrected chi connectivity index (χ4v) is 3.43. The first-order valence-electron chi connectivity index (χ1n) is 7.57. The van der Waals surface area contributed by atoms with E-state index in [0.717, 1.165) is 35.5 Å². The van der Waals surface area contributed by atoms with Crippen molar-refractivity contribution in [2.75, 3.05) is 5.32 Å². The van der Waals surface area contributed by atoms with Crippen molar-refractivity contribution in [2.45, 2.75) is 32.2 Å². The van der Waals surface area contributed by atoms with Crippen LogP contribution in [0.3, 0.4) is 0 Å². The highest BCUT2D eigenvalue weighted by molar-refractivity contribution is 6.31. The summed E-state index contributed by atoms with van der Waals surface area (Å²) in [5, 5.41) is 5.49. The Kier molecular flexibility index (Phi) is 3.26. The van der Waals surface area contributed by atoms with Crippen molar-refractivity contribution in [2.24, 2.45) is 0 Å². The molecule has 1 aromatic carbocycles. The highest BCUT2D eigenvalue weighted by Gasteiger charge is 2.24. The smallest absolute Gasteiger partial charge is 0.223 e. The number of aromatic nitrogens is 3. The first-order valence-corrected chi connectivity index (χ1v) is 7.95. The van der Waals surface area contributed by atoms with Crippen LogP contribution < -0.4 is 5.32 Å². The van der Waals surface area contributed by atoms with Crippen LogP contribution in [0.4, 0.5) is 5.95 Å². The van der Waals surface area contributed by atoms with E-state index in [0.29, 0.717) is 5.95 Å². The molecule has 5 heteroatoms. The number of fused-ring (bicyclic) bond motifs is 3. The van der Waals surface area contributed by atoms with Crippen LogP contribution in [-0.4, -0.2) is 15.0 Å². The van der Waals surface area contributed by atoms with Crippen LogP contribution in [0.15, 0.2) is 30.5 Å². The molecule has 0 saturated heterocycles. The highest BCUT2D eigenvalue weighted by Crippen LogP contribution is 2.36. The number of H-pyrrole nitrogens is 1. The molecule has 4 rings (SSSR count). The van der Waals surface area contributed by atoms with Crippen LogP contribution in [-0.2, 0) is 6.42 Å². The molecule has 2 aromatic heterocycles. The Morgan fingerprint density at radius 2 is 2.23 bits per heavy atom. The van der Waals surface area contributed by atoms with Crippen LogP contribution >= 0.6 is 11.6 Å². The van der Waals surface area contributed by atoms with Crippen molar-refractivity contribution < 1.29 is 0 Å². The average molecular weight is 313 g/mol. The van der Waals surface area contributed by atoms with Gasteiger partial charge in [0.25, 0.3) is 0 Å². The van der Waals surface area contributed by atoms with E-state index >= 15 is 0 Å². The lowest BCUT2D eigenvalue weighted by molar-refractivity contribution is 0.588. The third kappa shape index (κ3) is 2.33. The summed E-state index contributed by atoms with van der Waals surface area (Å²) < 4.78 is 0. The summed E-state index contributed by atoms with van der Waals surface area (Å²) in [5.41, 5.74) is 4.73. The molecule has 0 fully saturated rings. The molecule has 2 heterocycles. The largest absolute Gasteiger partial charge is 0.356 e. The molecule has 22 heavy (non-hydrogen) atoms. The predicted molar refractivity (Wildman–Crippen MR) is 89.4 cm³/mol. The lowest BCUT2D eigenvalue weighted by atomic mass is 9.92. The van der Waals surface area contributed by atoms with Crippen molar-refractivity contribution in [3.63, 3.8) is 0 Å². The maximum atomic E-state index is 6.15. The fourth-order valence-electron chi connectivity index (χ4n) is 3.25. The van der Waals surface area contributed by atoms with E-state index in [1.165, 1.54) is 16.6 Å². The second kappa shape index (κ2) is 5.29. The molecule has 0 aliphatic heterocycles. The lowest BCUT2D eigenvalue weighted by Gasteiger charge is -2.23. The van der Waals surface area contributed by atoms with Gasteiger partial charge in [0.1, 0.15) is 0 Å². The molecule has 1 unspecified atom stereocenters. The molecule has 4 nitrogen and oxygen atoms in total. The Morgan fingerprint density at radius 1 is 1.32 bits per heavy atom. The summed E-state index contributed by atoms with van der Waals surface area (Å²) in [7, 11) is 0. The number of hydrogen-bond donors (Lipinski definition) is 2. The number of hydrogen-bond acceptors (Lipinski definition) is 3. The standard InChI is InChI=1S/C17H17ClN4/c1-10-7-8-19-17(20-10)22-15-4-2-3-12-13-9-11(18)5-6-14(13)21-16(12)15/h5-9,15,21H,2-4H2,1H3,(H,19,20,22). The van der Waals surface area contributed by atoms with Gasteiger partial charge in [0.05, 0.1) is 6.04 Å². The minimum Gasteiger partial charge on any atom is -0.356 e. The number of anilines is 1. The zero-order valence-corrected chi connectivity index (χ0v) is 13.1. The van der Waals surface area contributed by atoms with Crippen LogP contribution in [0.5, 0.6) is 0 Å². The van der Waals surface area contributed by atoms with Crippen molar-refractivity contribution in [3.8, 4) is 0 Å². The van der Waals surface area contributed by atoms with Crippen LogP contribution in [0.1, 0.15) is 35.8 Å². The summed E-state index contributed by atoms with van der Waals surface area (Å²) >= 11 is 6.15. The second-order valence-corrected chi connectivity index (χ2v) is 6.25. The Morgan fingerprint density at radius 3 is 3.09 bits per heavy atom. The summed E-state index contributed by atoms with van der Waals surface area (Å²) in [6.07, 6.45) is 5.10. The first-order chi connectivity index (χ1) is 10.7. The van der Waals surface area contributed by atoms with E-state index in [-0.39, 0.29) is 6.04 Å². The molecular weight excluding hydrogens is 296 g/mol. The summed E-state index contributed by atoms with van der Waals surface area (Å²) in [4.78, 5) is 12.3. The first kappa shape index (κ1) is 13.6. The molecule has 0 amide bonds. The van der Waals surface area contributed by atoms with Gasteiger partial charge in [-0.2, -0.15) is 0 Å².